The minimum atomic E-state index is -0.468. The van der Waals surface area contributed by atoms with Gasteiger partial charge in [0.15, 0.2) is 0 Å². The van der Waals surface area contributed by atoms with Crippen LogP contribution in [0.15, 0.2) is 29.2 Å². The molecule has 0 bridgehead atoms. The summed E-state index contributed by atoms with van der Waals surface area (Å²) in [4.78, 5) is 15.0. The molecule has 1 aromatic rings. The molecule has 0 unspecified atom stereocenters. The van der Waals surface area contributed by atoms with Crippen LogP contribution in [0.5, 0.6) is 0 Å². The molecule has 5 nitrogen and oxygen atoms in total. The third-order valence-electron chi connectivity index (χ3n) is 2.25. The van der Waals surface area contributed by atoms with E-state index in [2.05, 4.69) is 4.98 Å². The number of anilines is 1. The van der Waals surface area contributed by atoms with E-state index < -0.39 is 6.10 Å². The minimum absolute atomic E-state index is 0.106. The van der Waals surface area contributed by atoms with E-state index in [4.69, 9.17) is 5.73 Å². The van der Waals surface area contributed by atoms with Gasteiger partial charge in [0.05, 0.1) is 12.1 Å². The van der Waals surface area contributed by atoms with Gasteiger partial charge in [-0.05, 0) is 6.07 Å². The summed E-state index contributed by atoms with van der Waals surface area (Å²) in [6.07, 6.45) is 5.12. The molecule has 0 radical (unpaired) electrons. The first-order chi connectivity index (χ1) is 6.66. The molecule has 1 aromatic heterocycles. The molecule has 0 aromatic carbocycles. The van der Waals surface area contributed by atoms with E-state index in [1.807, 2.05) is 0 Å². The van der Waals surface area contributed by atoms with Gasteiger partial charge in [-0.3, -0.25) is 4.57 Å². The molecule has 5 heteroatoms. The Morgan fingerprint density at radius 3 is 2.93 bits per heavy atom. The van der Waals surface area contributed by atoms with Crippen molar-refractivity contribution >= 4 is 5.82 Å². The van der Waals surface area contributed by atoms with Crippen LogP contribution in [0.1, 0.15) is 12.5 Å². The van der Waals surface area contributed by atoms with E-state index in [1.54, 1.807) is 24.4 Å². The zero-order valence-corrected chi connectivity index (χ0v) is 7.50. The highest BCUT2D eigenvalue weighted by molar-refractivity contribution is 5.24. The first-order valence-corrected chi connectivity index (χ1v) is 4.38. The summed E-state index contributed by atoms with van der Waals surface area (Å²) in [6, 6.07) is 1.46. The van der Waals surface area contributed by atoms with Gasteiger partial charge in [0, 0.05) is 12.6 Å². The highest BCUT2D eigenvalue weighted by Gasteiger charge is 2.18. The van der Waals surface area contributed by atoms with Crippen LogP contribution in [0, 0.1) is 0 Å². The maximum absolute atomic E-state index is 11.4. The molecule has 0 amide bonds. The average Bonchev–Trinajstić information content (AvgIpc) is 2.51. The summed E-state index contributed by atoms with van der Waals surface area (Å²) in [5.41, 5.74) is 4.98. The van der Waals surface area contributed by atoms with Crippen LogP contribution in [-0.4, -0.2) is 20.8 Å². The van der Waals surface area contributed by atoms with Gasteiger partial charge in [-0.1, -0.05) is 12.2 Å². The number of rotatable bonds is 1. The molecule has 74 valence electrons. The van der Waals surface area contributed by atoms with E-state index in [-0.39, 0.29) is 17.5 Å². The fraction of sp³-hybridized carbons (Fsp3) is 0.333. The van der Waals surface area contributed by atoms with E-state index >= 15 is 0 Å². The fourth-order valence-corrected chi connectivity index (χ4v) is 1.55. The molecule has 3 N–H and O–H groups in total. The Labute approximate surface area is 80.5 Å². The minimum Gasteiger partial charge on any atom is -0.389 e. The Kier molecular flexibility index (Phi) is 2.09. The lowest BCUT2D eigenvalue weighted by Gasteiger charge is -2.11. The van der Waals surface area contributed by atoms with Crippen molar-refractivity contribution in [3.63, 3.8) is 0 Å². The van der Waals surface area contributed by atoms with Crippen molar-refractivity contribution in [1.82, 2.24) is 9.55 Å². The average molecular weight is 193 g/mol. The van der Waals surface area contributed by atoms with Crippen LogP contribution in [-0.2, 0) is 0 Å². The summed E-state index contributed by atoms with van der Waals surface area (Å²) in [7, 11) is 0. The van der Waals surface area contributed by atoms with Gasteiger partial charge in [0.2, 0.25) is 0 Å². The molecule has 0 spiro atoms. The van der Waals surface area contributed by atoms with Crippen molar-refractivity contribution in [3.8, 4) is 0 Å². The van der Waals surface area contributed by atoms with Crippen molar-refractivity contribution in [2.24, 2.45) is 0 Å². The van der Waals surface area contributed by atoms with Gasteiger partial charge in [-0.25, -0.2) is 4.79 Å². The van der Waals surface area contributed by atoms with Crippen LogP contribution >= 0.6 is 0 Å². The predicted octanol–water partition coefficient (Wildman–Crippen LogP) is -0.313. The molecule has 1 heterocycles. The van der Waals surface area contributed by atoms with E-state index in [0.717, 1.165) is 0 Å². The number of aliphatic hydroxyl groups excluding tert-OH is 1. The van der Waals surface area contributed by atoms with Crippen molar-refractivity contribution < 1.29 is 5.11 Å². The van der Waals surface area contributed by atoms with Crippen molar-refractivity contribution in [2.45, 2.75) is 18.6 Å². The Bertz CT molecular complexity index is 424. The number of nitrogens with zero attached hydrogens (tertiary/aromatic N) is 2. The second kappa shape index (κ2) is 3.26. The molecule has 14 heavy (non-hydrogen) atoms. The van der Waals surface area contributed by atoms with E-state index in [9.17, 15) is 9.90 Å². The Morgan fingerprint density at radius 2 is 2.36 bits per heavy atom. The molecule has 0 fully saturated rings. The quantitative estimate of drug-likeness (QED) is 0.599. The molecule has 0 saturated carbocycles. The van der Waals surface area contributed by atoms with Gasteiger partial charge in [0.1, 0.15) is 5.82 Å². The molecule has 1 aliphatic carbocycles. The third-order valence-corrected chi connectivity index (χ3v) is 2.25. The summed E-state index contributed by atoms with van der Waals surface area (Å²) in [5, 5.41) is 9.26. The van der Waals surface area contributed by atoms with Gasteiger partial charge in [-0.15, -0.1) is 0 Å². The third kappa shape index (κ3) is 1.54. The van der Waals surface area contributed by atoms with E-state index in [0.29, 0.717) is 6.42 Å². The summed E-state index contributed by atoms with van der Waals surface area (Å²) >= 11 is 0. The topological polar surface area (TPSA) is 81.1 Å². The molecule has 2 atom stereocenters. The normalized spacial score (nSPS) is 25.5. The van der Waals surface area contributed by atoms with Crippen LogP contribution in [0.25, 0.3) is 0 Å². The highest BCUT2D eigenvalue weighted by atomic mass is 16.3. The first kappa shape index (κ1) is 8.96. The lowest BCUT2D eigenvalue weighted by Crippen LogP contribution is -2.26. The predicted molar refractivity (Wildman–Crippen MR) is 51.7 cm³/mol. The maximum atomic E-state index is 11.4. The van der Waals surface area contributed by atoms with Crippen LogP contribution in [0.2, 0.25) is 0 Å². The summed E-state index contributed by atoms with van der Waals surface area (Å²) in [6.45, 7) is 0. The highest BCUT2D eigenvalue weighted by Crippen LogP contribution is 2.21. The lowest BCUT2D eigenvalue weighted by molar-refractivity contribution is 0.210. The standard InChI is InChI=1S/C9H11N3O2/c10-8-3-4-12(9(14)11-8)6-1-2-7(13)5-6/h1-4,6-7,13H,5H2,(H2,10,11,14)/t6-,7+/m1/s1. The van der Waals surface area contributed by atoms with E-state index in [1.165, 1.54) is 4.57 Å². The number of nitrogens with two attached hydrogens (primary N) is 1. The number of aliphatic hydroxyl groups is 1. The van der Waals surface area contributed by atoms with Gasteiger partial charge in [-0.2, -0.15) is 4.98 Å². The van der Waals surface area contributed by atoms with Gasteiger partial charge >= 0.3 is 5.69 Å². The van der Waals surface area contributed by atoms with Gasteiger partial charge < -0.3 is 10.8 Å². The van der Waals surface area contributed by atoms with Crippen molar-refractivity contribution in [3.05, 3.63) is 34.9 Å². The van der Waals surface area contributed by atoms with Crippen LogP contribution in [0.3, 0.4) is 0 Å². The second-order valence-electron chi connectivity index (χ2n) is 3.30. The zero-order valence-electron chi connectivity index (χ0n) is 7.50. The summed E-state index contributed by atoms with van der Waals surface area (Å²) in [5.74, 6) is 0.216. The fourth-order valence-electron chi connectivity index (χ4n) is 1.55. The Balaban J connectivity index is 2.34. The number of nitrogen functional groups attached to an aromatic ring is 1. The summed E-state index contributed by atoms with van der Waals surface area (Å²) < 4.78 is 1.46. The lowest BCUT2D eigenvalue weighted by atomic mass is 10.2. The molecular weight excluding hydrogens is 182 g/mol. The maximum Gasteiger partial charge on any atom is 0.350 e. The first-order valence-electron chi connectivity index (χ1n) is 4.38. The smallest absolute Gasteiger partial charge is 0.350 e. The molecular formula is C9H11N3O2. The number of allylic oxidation sites excluding steroid dienone is 1. The number of hydrogen-bond acceptors (Lipinski definition) is 4. The largest absolute Gasteiger partial charge is 0.389 e. The van der Waals surface area contributed by atoms with Crippen LogP contribution in [0.4, 0.5) is 5.82 Å². The monoisotopic (exact) mass is 193 g/mol. The molecule has 0 saturated heterocycles. The molecule has 2 rings (SSSR count). The number of hydrogen-bond donors (Lipinski definition) is 2. The number of aromatic nitrogens is 2. The zero-order chi connectivity index (χ0) is 10.1. The Morgan fingerprint density at radius 1 is 1.57 bits per heavy atom. The Hall–Kier alpha value is -1.62. The second-order valence-corrected chi connectivity index (χ2v) is 3.30. The van der Waals surface area contributed by atoms with Gasteiger partial charge in [0.25, 0.3) is 0 Å². The van der Waals surface area contributed by atoms with Crippen molar-refractivity contribution in [2.75, 3.05) is 5.73 Å². The van der Waals surface area contributed by atoms with Crippen LogP contribution < -0.4 is 11.4 Å². The SMILES string of the molecule is Nc1ccn([C@@H]2C=C[C@H](O)C2)c(=O)n1. The molecule has 1 aliphatic rings. The van der Waals surface area contributed by atoms with Crippen molar-refractivity contribution in [1.29, 1.82) is 0 Å². The molecule has 0 aliphatic heterocycles.